The molecule has 0 N–H and O–H groups in total. The van der Waals surface area contributed by atoms with Crippen molar-refractivity contribution < 1.29 is 9.18 Å². The van der Waals surface area contributed by atoms with Crippen LogP contribution in [0.25, 0.3) is 0 Å². The van der Waals surface area contributed by atoms with E-state index < -0.39 is 0 Å². The Balaban J connectivity index is 3.01. The summed E-state index contributed by atoms with van der Waals surface area (Å²) in [7, 11) is 0. The van der Waals surface area contributed by atoms with Crippen molar-refractivity contribution in [3.05, 3.63) is 33.1 Å². The van der Waals surface area contributed by atoms with Gasteiger partial charge >= 0.3 is 0 Å². The van der Waals surface area contributed by atoms with Gasteiger partial charge in [-0.15, -0.1) is 0 Å². The predicted octanol–water partition coefficient (Wildman–Crippen LogP) is 3.69. The van der Waals surface area contributed by atoms with E-state index in [0.29, 0.717) is 9.13 Å². The van der Waals surface area contributed by atoms with Gasteiger partial charge in [-0.05, 0) is 61.1 Å². The van der Waals surface area contributed by atoms with E-state index in [1.54, 1.807) is 6.07 Å². The van der Waals surface area contributed by atoms with Crippen LogP contribution in [0.1, 0.15) is 37.6 Å². The Kier molecular flexibility index (Phi) is 5.36. The van der Waals surface area contributed by atoms with Crippen LogP contribution in [0.2, 0.25) is 0 Å². The Bertz CT molecular complexity index is 406. The first-order chi connectivity index (χ1) is 7.97. The lowest BCUT2D eigenvalue weighted by molar-refractivity contribution is 0.0705. The van der Waals surface area contributed by atoms with Crippen molar-refractivity contribution in [1.82, 2.24) is 4.90 Å². The summed E-state index contributed by atoms with van der Waals surface area (Å²) >= 11 is 2.00. The summed E-state index contributed by atoms with van der Waals surface area (Å²) in [5, 5.41) is 0. The second-order valence-corrected chi connectivity index (χ2v) is 5.38. The largest absolute Gasteiger partial charge is 0.336 e. The molecular formula is C13H17FINO. The maximum absolute atomic E-state index is 13.0. The van der Waals surface area contributed by atoms with Crippen LogP contribution < -0.4 is 0 Å². The van der Waals surface area contributed by atoms with Crippen molar-refractivity contribution in [3.8, 4) is 0 Å². The van der Waals surface area contributed by atoms with Gasteiger partial charge in [-0.3, -0.25) is 4.79 Å². The fourth-order valence-corrected chi connectivity index (χ4v) is 2.36. The highest BCUT2D eigenvalue weighted by atomic mass is 127. The number of carbonyl (C=O) groups is 1. The van der Waals surface area contributed by atoms with Crippen LogP contribution in [0.3, 0.4) is 0 Å². The predicted molar refractivity (Wildman–Crippen MR) is 75.6 cm³/mol. The molecule has 4 heteroatoms. The van der Waals surface area contributed by atoms with E-state index >= 15 is 0 Å². The second kappa shape index (κ2) is 6.33. The molecule has 17 heavy (non-hydrogen) atoms. The lowest BCUT2D eigenvalue weighted by Gasteiger charge is -2.26. The van der Waals surface area contributed by atoms with E-state index in [1.165, 1.54) is 12.1 Å². The third-order valence-electron chi connectivity index (χ3n) is 2.51. The summed E-state index contributed by atoms with van der Waals surface area (Å²) in [5.41, 5.74) is 0.578. The highest BCUT2D eigenvalue weighted by molar-refractivity contribution is 14.1. The lowest BCUT2D eigenvalue weighted by Crippen LogP contribution is -2.37. The third-order valence-corrected chi connectivity index (χ3v) is 3.40. The molecule has 0 radical (unpaired) electrons. The van der Waals surface area contributed by atoms with Crippen LogP contribution in [-0.4, -0.2) is 23.4 Å². The molecule has 0 fully saturated rings. The van der Waals surface area contributed by atoms with E-state index in [9.17, 15) is 9.18 Å². The summed E-state index contributed by atoms with van der Waals surface area (Å²) in [6.45, 7) is 6.75. The molecule has 0 atom stereocenters. The van der Waals surface area contributed by atoms with Gasteiger partial charge in [-0.1, -0.05) is 6.92 Å². The molecule has 0 aliphatic rings. The Morgan fingerprint density at radius 3 is 2.59 bits per heavy atom. The zero-order chi connectivity index (χ0) is 13.0. The Morgan fingerprint density at radius 1 is 1.47 bits per heavy atom. The van der Waals surface area contributed by atoms with E-state index in [0.717, 1.165) is 13.0 Å². The Morgan fingerprint density at radius 2 is 2.12 bits per heavy atom. The Labute approximate surface area is 115 Å². The topological polar surface area (TPSA) is 20.3 Å². The number of hydrogen-bond donors (Lipinski definition) is 0. The summed E-state index contributed by atoms with van der Waals surface area (Å²) in [5.74, 6) is -0.330. The lowest BCUT2D eigenvalue weighted by atomic mass is 10.1. The van der Waals surface area contributed by atoms with E-state index in [1.807, 2.05) is 48.3 Å². The highest BCUT2D eigenvalue weighted by Gasteiger charge is 2.20. The van der Waals surface area contributed by atoms with Gasteiger partial charge in [0.2, 0.25) is 0 Å². The normalized spacial score (nSPS) is 10.7. The summed E-state index contributed by atoms with van der Waals surface area (Å²) in [4.78, 5) is 14.1. The number of benzene rings is 1. The minimum Gasteiger partial charge on any atom is -0.336 e. The average molecular weight is 349 g/mol. The van der Waals surface area contributed by atoms with E-state index in [-0.39, 0.29) is 17.8 Å². The molecule has 94 valence electrons. The average Bonchev–Trinajstić information content (AvgIpc) is 2.24. The van der Waals surface area contributed by atoms with Gasteiger partial charge in [-0.25, -0.2) is 4.39 Å². The molecule has 0 heterocycles. The molecule has 0 bridgehead atoms. The summed E-state index contributed by atoms with van der Waals surface area (Å²) < 4.78 is 13.7. The van der Waals surface area contributed by atoms with Crippen molar-refractivity contribution in [2.75, 3.05) is 6.54 Å². The molecule has 0 saturated carbocycles. The summed E-state index contributed by atoms with van der Waals surface area (Å²) in [6.07, 6.45) is 0.918. The molecule has 0 aliphatic heterocycles. The fourth-order valence-electron chi connectivity index (χ4n) is 1.65. The smallest absolute Gasteiger partial charge is 0.255 e. The minimum absolute atomic E-state index is 0.0220. The van der Waals surface area contributed by atoms with Crippen LogP contribution in [0.4, 0.5) is 4.39 Å². The van der Waals surface area contributed by atoms with Gasteiger partial charge in [0.25, 0.3) is 5.91 Å². The first-order valence-corrected chi connectivity index (χ1v) is 6.81. The Hall–Kier alpha value is -0.650. The van der Waals surface area contributed by atoms with Crippen molar-refractivity contribution in [2.45, 2.75) is 33.2 Å². The van der Waals surface area contributed by atoms with Crippen molar-refractivity contribution in [2.24, 2.45) is 0 Å². The van der Waals surface area contributed by atoms with E-state index in [2.05, 4.69) is 0 Å². The monoisotopic (exact) mass is 349 g/mol. The highest BCUT2D eigenvalue weighted by Crippen LogP contribution is 2.17. The van der Waals surface area contributed by atoms with Crippen molar-refractivity contribution in [1.29, 1.82) is 0 Å². The van der Waals surface area contributed by atoms with Crippen LogP contribution in [0, 0.1) is 9.39 Å². The van der Waals surface area contributed by atoms with Crippen LogP contribution >= 0.6 is 22.6 Å². The molecule has 0 saturated heterocycles. The maximum Gasteiger partial charge on any atom is 0.255 e. The van der Waals surface area contributed by atoms with Crippen molar-refractivity contribution in [3.63, 3.8) is 0 Å². The van der Waals surface area contributed by atoms with Gasteiger partial charge < -0.3 is 4.90 Å². The van der Waals surface area contributed by atoms with Gasteiger partial charge in [-0.2, -0.15) is 0 Å². The van der Waals surface area contributed by atoms with Gasteiger partial charge in [0.1, 0.15) is 5.82 Å². The van der Waals surface area contributed by atoms with Crippen LogP contribution in [0.5, 0.6) is 0 Å². The second-order valence-electron chi connectivity index (χ2n) is 4.22. The number of nitrogens with zero attached hydrogens (tertiary/aromatic N) is 1. The summed E-state index contributed by atoms with van der Waals surface area (Å²) in [6, 6.07) is 4.44. The molecule has 1 rings (SSSR count). The standard InChI is InChI=1S/C13H17FINO/c1-4-7-16(9(2)3)13(17)11-6-5-10(14)8-12(11)15/h5-6,8-9H,4,7H2,1-3H3. The number of carbonyl (C=O) groups excluding carboxylic acids is 1. The SMILES string of the molecule is CCCN(C(=O)c1ccc(F)cc1I)C(C)C. The van der Waals surface area contributed by atoms with Crippen LogP contribution in [-0.2, 0) is 0 Å². The quantitative estimate of drug-likeness (QED) is 0.760. The molecule has 0 unspecified atom stereocenters. The zero-order valence-corrected chi connectivity index (χ0v) is 12.5. The van der Waals surface area contributed by atoms with E-state index in [4.69, 9.17) is 0 Å². The number of halogens is 2. The molecule has 0 spiro atoms. The minimum atomic E-state index is -0.308. The number of rotatable bonds is 4. The molecule has 1 aromatic carbocycles. The maximum atomic E-state index is 13.0. The van der Waals surface area contributed by atoms with Gasteiger partial charge in [0.05, 0.1) is 5.56 Å². The number of hydrogen-bond acceptors (Lipinski definition) is 1. The molecule has 1 amide bonds. The molecule has 2 nitrogen and oxygen atoms in total. The fraction of sp³-hybridized carbons (Fsp3) is 0.462. The molecule has 1 aromatic rings. The molecule has 0 aliphatic carbocycles. The first-order valence-electron chi connectivity index (χ1n) is 5.73. The third kappa shape index (κ3) is 3.66. The zero-order valence-electron chi connectivity index (χ0n) is 10.3. The van der Waals surface area contributed by atoms with Gasteiger partial charge in [0.15, 0.2) is 0 Å². The number of amides is 1. The molecular weight excluding hydrogens is 332 g/mol. The van der Waals surface area contributed by atoms with Gasteiger partial charge in [0, 0.05) is 16.2 Å². The molecule has 0 aromatic heterocycles. The van der Waals surface area contributed by atoms with Crippen molar-refractivity contribution >= 4 is 28.5 Å². The van der Waals surface area contributed by atoms with Crippen LogP contribution in [0.15, 0.2) is 18.2 Å². The first kappa shape index (κ1) is 14.4.